The van der Waals surface area contributed by atoms with E-state index in [0.29, 0.717) is 46.1 Å². The lowest BCUT2D eigenvalue weighted by molar-refractivity contribution is -0.114. The maximum Gasteiger partial charge on any atom is 0.262 e. The first kappa shape index (κ1) is 26.6. The molecular weight excluding hydrogens is 488 g/mol. The lowest BCUT2D eigenvalue weighted by Gasteiger charge is -2.26. The molecule has 1 aromatic carbocycles. The Bertz CT molecular complexity index is 1580. The molecule has 3 heterocycles. The molecule has 2 aromatic heterocycles. The predicted octanol–water partition coefficient (Wildman–Crippen LogP) is 5.39. The van der Waals surface area contributed by atoms with Gasteiger partial charge in [-0.3, -0.25) is 9.69 Å². The molecule has 202 valence electrons. The number of hydrogen-bond donors (Lipinski definition) is 2. The van der Waals surface area contributed by atoms with Crippen LogP contribution in [0.4, 0.5) is 11.6 Å². The summed E-state index contributed by atoms with van der Waals surface area (Å²) in [5.41, 5.74) is 13.0. The summed E-state index contributed by atoms with van der Waals surface area (Å²) >= 11 is 0. The maximum atomic E-state index is 14.1. The van der Waals surface area contributed by atoms with Crippen molar-refractivity contribution in [3.05, 3.63) is 76.7 Å². The Hall–Kier alpha value is -4.04. The quantitative estimate of drug-likeness (QED) is 0.447. The Balaban J connectivity index is 1.65. The van der Waals surface area contributed by atoms with Crippen LogP contribution in [-0.4, -0.2) is 30.8 Å². The van der Waals surface area contributed by atoms with Crippen molar-refractivity contribution >= 4 is 28.6 Å². The fourth-order valence-corrected chi connectivity index (χ4v) is 5.52. The van der Waals surface area contributed by atoms with Crippen LogP contribution in [0.2, 0.25) is 0 Å². The first-order chi connectivity index (χ1) is 18.8. The van der Waals surface area contributed by atoms with Crippen LogP contribution < -0.4 is 10.6 Å². The number of fused-ring (bicyclic) bond motifs is 2. The van der Waals surface area contributed by atoms with Gasteiger partial charge in [0.1, 0.15) is 0 Å². The number of carbonyl (C=O) groups is 1. The molecule has 0 fully saturated rings. The first-order valence-electron chi connectivity index (χ1n) is 13.6. The van der Waals surface area contributed by atoms with E-state index in [9.17, 15) is 9.90 Å². The van der Waals surface area contributed by atoms with Gasteiger partial charge in [-0.05, 0) is 55.2 Å². The monoisotopic (exact) mass is 524 g/mol. The SMILES string of the molecule is CCc1nn(C)c2nc(N)nc(-c3cccc(N4/C=C\CC5C=C(C4=O)C(C)=CC(C(C)CC)=C5)c3CO)c12. The lowest BCUT2D eigenvalue weighted by atomic mass is 9.93. The number of aliphatic hydroxyl groups excluding tert-OH is 1. The van der Waals surface area contributed by atoms with Crippen LogP contribution in [0.3, 0.4) is 0 Å². The number of nitrogen functional groups attached to an aromatic ring is 1. The lowest BCUT2D eigenvalue weighted by Crippen LogP contribution is -2.29. The van der Waals surface area contributed by atoms with Gasteiger partial charge in [0, 0.05) is 29.9 Å². The van der Waals surface area contributed by atoms with E-state index < -0.39 is 0 Å². The van der Waals surface area contributed by atoms with Crippen molar-refractivity contribution in [2.24, 2.45) is 18.9 Å². The summed E-state index contributed by atoms with van der Waals surface area (Å²) in [6.07, 6.45) is 12.9. The zero-order chi connectivity index (χ0) is 27.8. The molecule has 8 heteroatoms. The largest absolute Gasteiger partial charge is 0.392 e. The van der Waals surface area contributed by atoms with E-state index in [2.05, 4.69) is 47.1 Å². The fourth-order valence-electron chi connectivity index (χ4n) is 5.52. The number of aromatic nitrogens is 4. The molecule has 0 saturated heterocycles. The predicted molar refractivity (Wildman–Crippen MR) is 156 cm³/mol. The number of carbonyl (C=O) groups excluding carboxylic acids is 1. The van der Waals surface area contributed by atoms with Gasteiger partial charge in [-0.2, -0.15) is 10.1 Å². The summed E-state index contributed by atoms with van der Waals surface area (Å²) in [7, 11) is 1.83. The number of benzene rings is 1. The van der Waals surface area contributed by atoms with Gasteiger partial charge < -0.3 is 10.8 Å². The van der Waals surface area contributed by atoms with Crippen molar-refractivity contribution in [3.63, 3.8) is 0 Å². The van der Waals surface area contributed by atoms with Gasteiger partial charge in [-0.25, -0.2) is 9.67 Å². The summed E-state index contributed by atoms with van der Waals surface area (Å²) in [5, 5.41) is 16.1. The van der Waals surface area contributed by atoms with E-state index >= 15 is 0 Å². The molecule has 2 bridgehead atoms. The summed E-state index contributed by atoms with van der Waals surface area (Å²) in [5.74, 6) is 0.568. The van der Waals surface area contributed by atoms with Gasteiger partial charge in [0.25, 0.3) is 5.91 Å². The molecular formula is C31H36N6O2. The van der Waals surface area contributed by atoms with Crippen molar-refractivity contribution in [1.29, 1.82) is 0 Å². The molecule has 0 spiro atoms. The standard InChI is InChI=1S/C31H36N6O2/c1-6-18(3)21-14-19(4)23-16-20(15-21)10-9-13-37(30(23)39)26-12-8-11-22(24(26)17-38)28-27-25(7-2)35-36(5)29(27)34-31(32)33-28/h8-9,11-16,18,20,38H,6-7,10,17H2,1-5H3,(H2,32,33,34)/b13-9-. The molecule has 3 N–H and O–H groups in total. The minimum atomic E-state index is -0.285. The highest BCUT2D eigenvalue weighted by Crippen LogP contribution is 2.38. The van der Waals surface area contributed by atoms with Crippen LogP contribution in [0.1, 0.15) is 51.8 Å². The van der Waals surface area contributed by atoms with Gasteiger partial charge >= 0.3 is 0 Å². The molecule has 8 nitrogen and oxygen atoms in total. The van der Waals surface area contributed by atoms with E-state index in [1.807, 2.05) is 51.4 Å². The number of nitrogens with zero attached hydrogens (tertiary/aromatic N) is 5. The van der Waals surface area contributed by atoms with Crippen LogP contribution in [0.25, 0.3) is 22.3 Å². The van der Waals surface area contributed by atoms with E-state index in [1.165, 1.54) is 5.57 Å². The first-order valence-corrected chi connectivity index (χ1v) is 13.6. The topological polar surface area (TPSA) is 110 Å². The highest BCUT2D eigenvalue weighted by molar-refractivity contribution is 6.11. The Morgan fingerprint density at radius 1 is 1.21 bits per heavy atom. The smallest absolute Gasteiger partial charge is 0.262 e. The Labute approximate surface area is 229 Å². The minimum Gasteiger partial charge on any atom is -0.392 e. The van der Waals surface area contributed by atoms with Gasteiger partial charge in [0.15, 0.2) is 5.65 Å². The van der Waals surface area contributed by atoms with Crippen molar-refractivity contribution in [3.8, 4) is 11.3 Å². The maximum absolute atomic E-state index is 14.1. The van der Waals surface area contributed by atoms with E-state index in [4.69, 9.17) is 5.73 Å². The van der Waals surface area contributed by atoms with Gasteiger partial charge in [-0.15, -0.1) is 0 Å². The molecule has 3 aromatic rings. The number of nitrogens with two attached hydrogens (primary N) is 1. The number of anilines is 2. The van der Waals surface area contributed by atoms with Crippen molar-refractivity contribution in [2.45, 2.75) is 53.6 Å². The number of aryl methyl sites for hydroxylation is 2. The zero-order valence-electron chi connectivity index (χ0n) is 23.3. The number of rotatable bonds is 6. The van der Waals surface area contributed by atoms with Gasteiger partial charge in [0.05, 0.1) is 29.1 Å². The summed E-state index contributed by atoms with van der Waals surface area (Å²) in [6.45, 7) is 8.16. The van der Waals surface area contributed by atoms with Crippen molar-refractivity contribution < 1.29 is 9.90 Å². The second-order valence-corrected chi connectivity index (χ2v) is 10.4. The van der Waals surface area contributed by atoms with Crippen LogP contribution in [0.5, 0.6) is 0 Å². The van der Waals surface area contributed by atoms with Crippen LogP contribution in [-0.2, 0) is 24.9 Å². The Morgan fingerprint density at radius 3 is 2.72 bits per heavy atom. The molecule has 1 aliphatic carbocycles. The number of hydrogen-bond acceptors (Lipinski definition) is 6. The average molecular weight is 525 g/mol. The Kier molecular flexibility index (Phi) is 7.23. The normalized spacial score (nSPS) is 19.1. The van der Waals surface area contributed by atoms with E-state index in [-0.39, 0.29) is 24.4 Å². The van der Waals surface area contributed by atoms with E-state index in [0.717, 1.165) is 29.5 Å². The highest BCUT2D eigenvalue weighted by atomic mass is 16.3. The highest BCUT2D eigenvalue weighted by Gasteiger charge is 2.28. The summed E-state index contributed by atoms with van der Waals surface area (Å²) < 4.78 is 1.70. The summed E-state index contributed by atoms with van der Waals surface area (Å²) in [6, 6.07) is 5.64. The molecule has 2 unspecified atom stereocenters. The van der Waals surface area contributed by atoms with Crippen LogP contribution in [0.15, 0.2) is 65.4 Å². The summed E-state index contributed by atoms with van der Waals surface area (Å²) in [4.78, 5) is 24.8. The van der Waals surface area contributed by atoms with Crippen LogP contribution in [0, 0.1) is 11.8 Å². The van der Waals surface area contributed by atoms with Crippen molar-refractivity contribution in [2.75, 3.05) is 10.6 Å². The average Bonchev–Trinajstić information content (AvgIpc) is 3.13. The van der Waals surface area contributed by atoms with Crippen molar-refractivity contribution in [1.82, 2.24) is 19.7 Å². The molecule has 2 aliphatic rings. The fraction of sp³-hybridized carbons (Fsp3) is 0.355. The second-order valence-electron chi connectivity index (χ2n) is 10.4. The van der Waals surface area contributed by atoms with Gasteiger partial charge in [-0.1, -0.05) is 57.2 Å². The molecule has 1 amide bonds. The third kappa shape index (κ3) is 4.69. The van der Waals surface area contributed by atoms with E-state index in [1.54, 1.807) is 9.58 Å². The second kappa shape index (κ2) is 10.6. The molecule has 5 rings (SSSR count). The molecule has 1 aliphatic heterocycles. The Morgan fingerprint density at radius 2 is 2.00 bits per heavy atom. The minimum absolute atomic E-state index is 0.125. The number of aliphatic hydroxyl groups is 1. The van der Waals surface area contributed by atoms with Gasteiger partial charge in [0.2, 0.25) is 5.95 Å². The third-order valence-corrected chi connectivity index (χ3v) is 7.82. The zero-order valence-corrected chi connectivity index (χ0v) is 23.3. The molecule has 0 radical (unpaired) electrons. The third-order valence-electron chi connectivity index (χ3n) is 7.82. The molecule has 2 atom stereocenters. The number of amides is 1. The van der Waals surface area contributed by atoms with Crippen LogP contribution >= 0.6 is 0 Å². The molecule has 0 saturated carbocycles. The number of allylic oxidation sites excluding steroid dienone is 5. The molecule has 39 heavy (non-hydrogen) atoms.